The summed E-state index contributed by atoms with van der Waals surface area (Å²) in [6.45, 7) is 0. The molecule has 3 N–H and O–H groups in total. The van der Waals surface area contributed by atoms with Crippen LogP contribution in [0.3, 0.4) is 0 Å². The maximum atomic E-state index is 12.5. The smallest absolute Gasteiger partial charge is 0.446 e. The van der Waals surface area contributed by atoms with Crippen molar-refractivity contribution in [2.24, 2.45) is 5.73 Å². The van der Waals surface area contributed by atoms with Crippen molar-refractivity contribution < 1.29 is 32.2 Å². The van der Waals surface area contributed by atoms with E-state index < -0.39 is 24.3 Å². The Hall–Kier alpha value is -2.00. The fourth-order valence-electron chi connectivity index (χ4n) is 2.46. The Morgan fingerprint density at radius 2 is 1.73 bits per heavy atom. The molecule has 1 saturated carbocycles. The van der Waals surface area contributed by atoms with Crippen LogP contribution in [0.4, 0.5) is 13.2 Å². The number of benzene rings is 1. The van der Waals surface area contributed by atoms with Crippen molar-refractivity contribution in [1.29, 1.82) is 0 Å². The van der Waals surface area contributed by atoms with Crippen molar-refractivity contribution >= 4 is 23.5 Å². The van der Waals surface area contributed by atoms with Gasteiger partial charge in [0.05, 0.1) is 0 Å². The molecule has 1 unspecified atom stereocenters. The van der Waals surface area contributed by atoms with Crippen molar-refractivity contribution in [2.45, 2.75) is 50.2 Å². The average Bonchev–Trinajstić information content (AvgIpc) is 2.57. The monoisotopic (exact) mass is 394 g/mol. The number of carbonyl (C=O) groups excluding carboxylic acids is 2. The van der Waals surface area contributed by atoms with Gasteiger partial charge in [0.25, 0.3) is 0 Å². The Morgan fingerprint density at radius 3 is 2.27 bits per heavy atom. The number of nitrogens with two attached hydrogens (primary N) is 1. The van der Waals surface area contributed by atoms with E-state index in [9.17, 15) is 22.8 Å². The molecule has 0 aromatic heterocycles. The van der Waals surface area contributed by atoms with Crippen LogP contribution in [0.25, 0.3) is 0 Å². The number of alkyl halides is 3. The third-order valence-corrected chi connectivity index (χ3v) is 4.09. The van der Waals surface area contributed by atoms with E-state index in [0.29, 0.717) is 30.7 Å². The highest BCUT2D eigenvalue weighted by atomic mass is 35.5. The van der Waals surface area contributed by atoms with Gasteiger partial charge in [0.2, 0.25) is 0 Å². The molecule has 0 spiro atoms. The number of nitrogens with one attached hydrogen (secondary N) is 1. The normalized spacial score (nSPS) is 21.6. The molecule has 1 aliphatic rings. The topological polar surface area (TPSA) is 90.6 Å². The molecular formula is C16H18ClF3N2O4. The second-order valence-corrected chi connectivity index (χ2v) is 6.36. The minimum absolute atomic E-state index is 0.0233. The van der Waals surface area contributed by atoms with Crippen LogP contribution in [0.15, 0.2) is 24.3 Å². The largest absolute Gasteiger partial charge is 0.491 e. The maximum Gasteiger partial charge on any atom is 0.491 e. The zero-order chi connectivity index (χ0) is 19.3. The Bertz CT molecular complexity index is 631. The van der Waals surface area contributed by atoms with Gasteiger partial charge in [-0.3, -0.25) is 4.79 Å². The first kappa shape index (κ1) is 20.3. The second-order valence-electron chi connectivity index (χ2n) is 5.93. The van der Waals surface area contributed by atoms with Crippen LogP contribution in [0.1, 0.15) is 25.7 Å². The summed E-state index contributed by atoms with van der Waals surface area (Å²) in [4.78, 5) is 23.4. The van der Waals surface area contributed by atoms with Gasteiger partial charge in [0.1, 0.15) is 5.75 Å². The molecule has 1 fully saturated rings. The molecule has 144 valence electrons. The molecule has 1 aromatic carbocycles. The van der Waals surface area contributed by atoms with E-state index in [4.69, 9.17) is 22.1 Å². The van der Waals surface area contributed by atoms with Crippen LogP contribution in [0, 0.1) is 0 Å². The number of ether oxygens (including phenoxy) is 2. The van der Waals surface area contributed by atoms with Crippen LogP contribution in [0.5, 0.6) is 5.75 Å². The molecule has 0 heterocycles. The predicted octanol–water partition coefficient (Wildman–Crippen LogP) is 2.54. The zero-order valence-corrected chi connectivity index (χ0v) is 14.3. The van der Waals surface area contributed by atoms with E-state index >= 15 is 0 Å². The number of carbonyl (C=O) groups is 2. The van der Waals surface area contributed by atoms with Gasteiger partial charge in [-0.25, -0.2) is 4.79 Å². The van der Waals surface area contributed by atoms with Crippen molar-refractivity contribution in [3.8, 4) is 5.75 Å². The van der Waals surface area contributed by atoms with E-state index in [1.807, 2.05) is 0 Å². The number of hydrogen-bond donors (Lipinski definition) is 2. The van der Waals surface area contributed by atoms with Crippen LogP contribution in [0.2, 0.25) is 5.02 Å². The molecule has 1 atom stereocenters. The minimum atomic E-state index is -5.25. The van der Waals surface area contributed by atoms with Gasteiger partial charge >= 0.3 is 24.3 Å². The van der Waals surface area contributed by atoms with E-state index in [1.165, 1.54) is 24.3 Å². The SMILES string of the molecule is NC1CCC(NC(=O)C(OC(=O)C(F)(F)F)Oc2ccc(Cl)cc2)CC1. The summed E-state index contributed by atoms with van der Waals surface area (Å²) in [6.07, 6.45) is -4.83. The highest BCUT2D eigenvalue weighted by Crippen LogP contribution is 2.22. The van der Waals surface area contributed by atoms with E-state index in [2.05, 4.69) is 10.1 Å². The van der Waals surface area contributed by atoms with Crippen LogP contribution in [-0.4, -0.2) is 36.4 Å². The van der Waals surface area contributed by atoms with Gasteiger partial charge in [0, 0.05) is 17.1 Å². The van der Waals surface area contributed by atoms with Gasteiger partial charge in [-0.05, 0) is 49.9 Å². The predicted molar refractivity (Wildman–Crippen MR) is 86.4 cm³/mol. The summed E-state index contributed by atoms with van der Waals surface area (Å²) >= 11 is 5.72. The second kappa shape index (κ2) is 8.59. The van der Waals surface area contributed by atoms with E-state index in [1.54, 1.807) is 0 Å². The molecule has 0 saturated heterocycles. The van der Waals surface area contributed by atoms with Crippen molar-refractivity contribution in [3.05, 3.63) is 29.3 Å². The average molecular weight is 395 g/mol. The maximum absolute atomic E-state index is 12.5. The molecule has 0 bridgehead atoms. The van der Waals surface area contributed by atoms with Crippen LogP contribution < -0.4 is 15.8 Å². The first-order chi connectivity index (χ1) is 12.1. The standard InChI is InChI=1S/C16H18ClF3N2O4/c17-9-1-7-12(8-2-9)25-14(26-15(24)16(18,19)20)13(23)22-11-5-3-10(21)4-6-11/h1-2,7-8,10-11,14H,3-6,21H2,(H,22,23). The molecule has 26 heavy (non-hydrogen) atoms. The van der Waals surface area contributed by atoms with Crippen LogP contribution in [-0.2, 0) is 14.3 Å². The molecule has 0 radical (unpaired) electrons. The highest BCUT2D eigenvalue weighted by molar-refractivity contribution is 6.30. The molecule has 10 heteroatoms. The number of hydrogen-bond acceptors (Lipinski definition) is 5. The van der Waals surface area contributed by atoms with E-state index in [0.717, 1.165) is 0 Å². The summed E-state index contributed by atoms with van der Waals surface area (Å²) in [5, 5.41) is 2.90. The molecule has 2 rings (SSSR count). The lowest BCUT2D eigenvalue weighted by Gasteiger charge is -2.28. The van der Waals surface area contributed by atoms with E-state index in [-0.39, 0.29) is 17.8 Å². The summed E-state index contributed by atoms with van der Waals surface area (Å²) < 4.78 is 46.8. The van der Waals surface area contributed by atoms with Crippen molar-refractivity contribution in [2.75, 3.05) is 0 Å². The fourth-order valence-corrected chi connectivity index (χ4v) is 2.59. The summed E-state index contributed by atoms with van der Waals surface area (Å²) in [6, 6.07) is 5.27. The van der Waals surface area contributed by atoms with Crippen LogP contribution >= 0.6 is 11.6 Å². The third-order valence-electron chi connectivity index (χ3n) is 3.83. The van der Waals surface area contributed by atoms with Gasteiger partial charge in [-0.15, -0.1) is 0 Å². The van der Waals surface area contributed by atoms with Gasteiger partial charge < -0.3 is 20.5 Å². The molecule has 0 aliphatic heterocycles. The number of halogens is 4. The van der Waals surface area contributed by atoms with Gasteiger partial charge in [-0.2, -0.15) is 13.2 Å². The summed E-state index contributed by atoms with van der Waals surface area (Å²) in [5.74, 6) is -3.47. The number of amides is 1. The molecule has 6 nitrogen and oxygen atoms in total. The van der Waals surface area contributed by atoms with Crippen molar-refractivity contribution in [3.63, 3.8) is 0 Å². The first-order valence-corrected chi connectivity index (χ1v) is 8.29. The Morgan fingerprint density at radius 1 is 1.15 bits per heavy atom. The van der Waals surface area contributed by atoms with Gasteiger partial charge in [-0.1, -0.05) is 11.6 Å². The molecule has 1 aromatic rings. The lowest BCUT2D eigenvalue weighted by atomic mass is 9.92. The Labute approximate surface area is 152 Å². The zero-order valence-electron chi connectivity index (χ0n) is 13.6. The summed E-state index contributed by atoms with van der Waals surface area (Å²) in [5.41, 5.74) is 5.77. The molecular weight excluding hydrogens is 377 g/mol. The Balaban J connectivity index is 2.06. The lowest BCUT2D eigenvalue weighted by Crippen LogP contribution is -2.48. The first-order valence-electron chi connectivity index (χ1n) is 7.91. The third kappa shape index (κ3) is 6.06. The lowest BCUT2D eigenvalue weighted by molar-refractivity contribution is -0.216. The van der Waals surface area contributed by atoms with Gasteiger partial charge in [0.15, 0.2) is 0 Å². The molecule has 1 aliphatic carbocycles. The summed E-state index contributed by atoms with van der Waals surface area (Å²) in [7, 11) is 0. The van der Waals surface area contributed by atoms with Crippen molar-refractivity contribution in [1.82, 2.24) is 5.32 Å². The Kier molecular flexibility index (Phi) is 6.71. The highest BCUT2D eigenvalue weighted by Gasteiger charge is 2.44. The quantitative estimate of drug-likeness (QED) is 0.591. The number of rotatable bonds is 5. The fraction of sp³-hybridized carbons (Fsp3) is 0.500. The molecule has 1 amide bonds. The number of esters is 1. The minimum Gasteiger partial charge on any atom is -0.446 e.